The molecule has 2 N–H and O–H groups in total. The van der Waals surface area contributed by atoms with Crippen LogP contribution in [0, 0.1) is 0 Å². The van der Waals surface area contributed by atoms with Crippen molar-refractivity contribution in [3.8, 4) is 0 Å². The number of nitrogens with one attached hydrogen (secondary N) is 1. The molecule has 5 heteroatoms. The lowest BCUT2D eigenvalue weighted by atomic mass is 10.0. The second-order valence-corrected chi connectivity index (χ2v) is 7.85. The summed E-state index contributed by atoms with van der Waals surface area (Å²) >= 11 is 0. The third-order valence-electron chi connectivity index (χ3n) is 5.22. The van der Waals surface area contributed by atoms with Crippen molar-refractivity contribution in [3.05, 3.63) is 83.7 Å². The molecule has 0 amide bonds. The van der Waals surface area contributed by atoms with Crippen molar-refractivity contribution in [2.75, 3.05) is 0 Å². The molecule has 2 aliphatic rings. The summed E-state index contributed by atoms with van der Waals surface area (Å²) in [6.07, 6.45) is -0.0685. The van der Waals surface area contributed by atoms with Gasteiger partial charge in [-0.2, -0.15) is 0 Å². The summed E-state index contributed by atoms with van der Waals surface area (Å²) in [5, 5.41) is 14.1. The van der Waals surface area contributed by atoms with Crippen molar-refractivity contribution < 1.29 is 19.3 Å². The van der Waals surface area contributed by atoms with Gasteiger partial charge in [-0.3, -0.25) is 0 Å². The number of aliphatic hydroxyl groups excluding tert-OH is 1. The minimum absolute atomic E-state index is 0.134. The molecule has 0 radical (unpaired) electrons. The Hall–Kier alpha value is -2.34. The standard InChI is InChI=1S/C23H27NO4/c1-23(2)22(28-23)21-19(25)20(26-15-17-11-7-4-8-12-17)18(27-21)14-24-13-16-9-5-3-6-10-16/h3-12,14,19-22,24-25H,13,15H2,1-2H3/t19-,20+,21?,22?/m1/s1. The molecule has 0 spiro atoms. The summed E-state index contributed by atoms with van der Waals surface area (Å²) < 4.78 is 17.8. The Morgan fingerprint density at radius 3 is 2.25 bits per heavy atom. The number of aliphatic hydroxyl groups is 1. The molecule has 28 heavy (non-hydrogen) atoms. The second-order valence-electron chi connectivity index (χ2n) is 7.85. The number of hydrogen-bond donors (Lipinski definition) is 2. The van der Waals surface area contributed by atoms with Gasteiger partial charge < -0.3 is 24.6 Å². The van der Waals surface area contributed by atoms with Gasteiger partial charge in [-0.25, -0.2) is 0 Å². The summed E-state index contributed by atoms with van der Waals surface area (Å²) in [4.78, 5) is 0. The van der Waals surface area contributed by atoms with Crippen molar-refractivity contribution in [1.29, 1.82) is 0 Å². The summed E-state index contributed by atoms with van der Waals surface area (Å²) in [7, 11) is 0. The Balaban J connectivity index is 1.45. The van der Waals surface area contributed by atoms with E-state index in [4.69, 9.17) is 14.2 Å². The van der Waals surface area contributed by atoms with Gasteiger partial charge in [-0.05, 0) is 25.0 Å². The highest BCUT2D eigenvalue weighted by Crippen LogP contribution is 2.44. The average Bonchev–Trinajstić information content (AvgIpc) is 3.22. The van der Waals surface area contributed by atoms with Crippen molar-refractivity contribution in [2.45, 2.75) is 57.0 Å². The maximum Gasteiger partial charge on any atom is 0.156 e. The maximum atomic E-state index is 10.9. The maximum absolute atomic E-state index is 10.9. The molecule has 2 aliphatic heterocycles. The van der Waals surface area contributed by atoms with Crippen LogP contribution in [0.5, 0.6) is 0 Å². The fourth-order valence-electron chi connectivity index (χ4n) is 3.55. The lowest BCUT2D eigenvalue weighted by molar-refractivity contribution is -0.0265. The Morgan fingerprint density at radius 1 is 1.04 bits per heavy atom. The van der Waals surface area contributed by atoms with Crippen molar-refractivity contribution >= 4 is 0 Å². The molecule has 2 aromatic carbocycles. The first-order chi connectivity index (χ1) is 13.5. The zero-order valence-corrected chi connectivity index (χ0v) is 16.2. The number of benzene rings is 2. The molecular formula is C23H27NO4. The lowest BCUT2D eigenvalue weighted by Crippen LogP contribution is -2.36. The number of rotatable bonds is 7. The highest BCUT2D eigenvalue weighted by Gasteiger charge is 2.60. The molecule has 0 saturated carbocycles. The third-order valence-corrected chi connectivity index (χ3v) is 5.22. The number of ether oxygens (including phenoxy) is 3. The van der Waals surface area contributed by atoms with Crippen LogP contribution in [0.15, 0.2) is 72.6 Å². The molecule has 4 rings (SSSR count). The van der Waals surface area contributed by atoms with E-state index < -0.39 is 18.3 Å². The molecule has 2 unspecified atom stereocenters. The smallest absolute Gasteiger partial charge is 0.156 e. The van der Waals surface area contributed by atoms with Crippen LogP contribution < -0.4 is 5.32 Å². The topological polar surface area (TPSA) is 63.2 Å². The number of hydrogen-bond acceptors (Lipinski definition) is 5. The third kappa shape index (κ3) is 4.22. The van der Waals surface area contributed by atoms with Crippen LogP contribution in [-0.4, -0.2) is 35.1 Å². The molecule has 0 bridgehead atoms. The summed E-state index contributed by atoms with van der Waals surface area (Å²) in [5.41, 5.74) is 1.95. The number of epoxide rings is 1. The van der Waals surface area contributed by atoms with Crippen LogP contribution in [0.2, 0.25) is 0 Å². The van der Waals surface area contributed by atoms with Crippen molar-refractivity contribution in [3.63, 3.8) is 0 Å². The Morgan fingerprint density at radius 2 is 1.64 bits per heavy atom. The average molecular weight is 381 g/mol. The molecule has 0 aliphatic carbocycles. The zero-order valence-electron chi connectivity index (χ0n) is 16.2. The van der Waals surface area contributed by atoms with E-state index >= 15 is 0 Å². The summed E-state index contributed by atoms with van der Waals surface area (Å²) in [6, 6.07) is 20.1. The summed E-state index contributed by atoms with van der Waals surface area (Å²) in [6.45, 7) is 5.08. The van der Waals surface area contributed by atoms with Gasteiger partial charge in [0.1, 0.15) is 24.1 Å². The van der Waals surface area contributed by atoms with E-state index in [2.05, 4.69) is 17.4 Å². The van der Waals surface area contributed by atoms with Gasteiger partial charge in [0.15, 0.2) is 6.10 Å². The van der Waals surface area contributed by atoms with E-state index in [1.807, 2.05) is 62.4 Å². The normalized spacial score (nSPS) is 29.5. The fraction of sp³-hybridized carbons (Fsp3) is 0.391. The van der Waals surface area contributed by atoms with Gasteiger partial charge in [0.05, 0.1) is 12.2 Å². The zero-order chi connectivity index (χ0) is 19.6. The monoisotopic (exact) mass is 381 g/mol. The van der Waals surface area contributed by atoms with E-state index in [1.54, 1.807) is 6.20 Å². The first-order valence-corrected chi connectivity index (χ1v) is 9.70. The van der Waals surface area contributed by atoms with E-state index in [-0.39, 0.29) is 11.7 Å². The van der Waals surface area contributed by atoms with Gasteiger partial charge in [0.2, 0.25) is 0 Å². The Kier molecular flexibility index (Phi) is 5.40. The molecule has 2 fully saturated rings. The highest BCUT2D eigenvalue weighted by atomic mass is 16.7. The molecule has 148 valence electrons. The Bertz CT molecular complexity index is 806. The largest absolute Gasteiger partial charge is 0.485 e. The molecule has 5 nitrogen and oxygen atoms in total. The first kappa shape index (κ1) is 19.0. The van der Waals surface area contributed by atoms with E-state index in [9.17, 15) is 5.11 Å². The predicted octanol–water partition coefficient (Wildman–Crippen LogP) is 3.14. The van der Waals surface area contributed by atoms with Gasteiger partial charge in [0, 0.05) is 12.7 Å². The van der Waals surface area contributed by atoms with E-state index in [1.165, 1.54) is 5.56 Å². The van der Waals surface area contributed by atoms with Crippen LogP contribution in [0.3, 0.4) is 0 Å². The van der Waals surface area contributed by atoms with Gasteiger partial charge >= 0.3 is 0 Å². The molecule has 0 aromatic heterocycles. The van der Waals surface area contributed by atoms with Crippen LogP contribution >= 0.6 is 0 Å². The van der Waals surface area contributed by atoms with Crippen LogP contribution in [0.1, 0.15) is 25.0 Å². The molecule has 2 heterocycles. The second kappa shape index (κ2) is 7.95. The quantitative estimate of drug-likeness (QED) is 0.722. The van der Waals surface area contributed by atoms with Crippen LogP contribution in [-0.2, 0) is 27.4 Å². The minimum Gasteiger partial charge on any atom is -0.485 e. The molecule has 2 aromatic rings. The van der Waals surface area contributed by atoms with Crippen LogP contribution in [0.25, 0.3) is 0 Å². The van der Waals surface area contributed by atoms with Gasteiger partial charge in [-0.1, -0.05) is 60.7 Å². The SMILES string of the molecule is CC1(C)OC1C1OC(=CNCc2ccccc2)[C@H](OCc2ccccc2)[C@H]1O. The van der Waals surface area contributed by atoms with Crippen molar-refractivity contribution in [1.82, 2.24) is 5.32 Å². The molecular weight excluding hydrogens is 354 g/mol. The summed E-state index contributed by atoms with van der Waals surface area (Å²) in [5.74, 6) is 0.607. The fourth-order valence-corrected chi connectivity index (χ4v) is 3.55. The van der Waals surface area contributed by atoms with Gasteiger partial charge in [-0.15, -0.1) is 0 Å². The van der Waals surface area contributed by atoms with Crippen molar-refractivity contribution in [2.24, 2.45) is 0 Å². The highest BCUT2D eigenvalue weighted by molar-refractivity contribution is 5.19. The van der Waals surface area contributed by atoms with Crippen LogP contribution in [0.4, 0.5) is 0 Å². The predicted molar refractivity (Wildman–Crippen MR) is 106 cm³/mol. The molecule has 4 atom stereocenters. The minimum atomic E-state index is -0.778. The lowest BCUT2D eigenvalue weighted by Gasteiger charge is -2.16. The van der Waals surface area contributed by atoms with E-state index in [0.717, 1.165) is 5.56 Å². The Labute approximate surface area is 165 Å². The first-order valence-electron chi connectivity index (χ1n) is 9.70. The molecule has 2 saturated heterocycles. The van der Waals surface area contributed by atoms with E-state index in [0.29, 0.717) is 18.9 Å². The van der Waals surface area contributed by atoms with Gasteiger partial charge in [0.25, 0.3) is 0 Å².